The number of methoxy groups -OCH3 is 1. The Morgan fingerprint density at radius 3 is 2.58 bits per heavy atom. The number of primary amides is 1. The highest BCUT2D eigenvalue weighted by atomic mass is 32.1. The van der Waals surface area contributed by atoms with Crippen LogP contribution in [0.15, 0.2) is 69.6 Å². The first-order valence-electron chi connectivity index (χ1n) is 11.2. The quantitative estimate of drug-likeness (QED) is 0.463. The highest BCUT2D eigenvalue weighted by molar-refractivity contribution is 7.07. The van der Waals surface area contributed by atoms with Crippen LogP contribution in [0.1, 0.15) is 31.0 Å². The van der Waals surface area contributed by atoms with Gasteiger partial charge in [0.15, 0.2) is 22.9 Å². The SMILES string of the molecule is CCOC(=O)C1=C(C)N=c2s/c(=C/c3ccc(OCC(N)=O)c(OC)c3)c(=O)n2C1c1ccccc1. The lowest BCUT2D eigenvalue weighted by Gasteiger charge is -2.24. The predicted octanol–water partition coefficient (Wildman–Crippen LogP) is 1.67. The van der Waals surface area contributed by atoms with Gasteiger partial charge in [0.2, 0.25) is 0 Å². The predicted molar refractivity (Wildman–Crippen MR) is 135 cm³/mol. The number of fused-ring (bicyclic) bond motifs is 1. The van der Waals surface area contributed by atoms with Gasteiger partial charge in [0.25, 0.3) is 11.5 Å². The minimum atomic E-state index is -0.664. The van der Waals surface area contributed by atoms with Crippen molar-refractivity contribution in [1.82, 2.24) is 4.57 Å². The lowest BCUT2D eigenvalue weighted by molar-refractivity contribution is -0.139. The smallest absolute Gasteiger partial charge is 0.338 e. The number of hydrogen-bond donors (Lipinski definition) is 1. The Kier molecular flexibility index (Phi) is 7.35. The summed E-state index contributed by atoms with van der Waals surface area (Å²) in [6.07, 6.45) is 1.72. The average molecular weight is 508 g/mol. The van der Waals surface area contributed by atoms with Gasteiger partial charge in [0, 0.05) is 0 Å². The van der Waals surface area contributed by atoms with Gasteiger partial charge in [-0.05, 0) is 43.2 Å². The summed E-state index contributed by atoms with van der Waals surface area (Å²) in [6, 6.07) is 13.7. The molecule has 1 amide bonds. The van der Waals surface area contributed by atoms with E-state index in [1.54, 1.807) is 38.1 Å². The van der Waals surface area contributed by atoms with E-state index in [0.717, 1.165) is 5.56 Å². The van der Waals surface area contributed by atoms with Gasteiger partial charge in [0.05, 0.1) is 35.6 Å². The van der Waals surface area contributed by atoms with Crippen molar-refractivity contribution in [3.05, 3.63) is 90.6 Å². The average Bonchev–Trinajstić information content (AvgIpc) is 3.16. The molecule has 1 atom stereocenters. The molecule has 2 aromatic carbocycles. The molecule has 36 heavy (non-hydrogen) atoms. The summed E-state index contributed by atoms with van der Waals surface area (Å²) < 4.78 is 18.0. The number of carbonyl (C=O) groups excluding carboxylic acids is 2. The summed E-state index contributed by atoms with van der Waals surface area (Å²) in [5.74, 6) is -0.361. The largest absolute Gasteiger partial charge is 0.493 e. The lowest BCUT2D eigenvalue weighted by Crippen LogP contribution is -2.39. The molecular weight excluding hydrogens is 482 g/mol. The van der Waals surface area contributed by atoms with Crippen molar-refractivity contribution in [2.45, 2.75) is 19.9 Å². The van der Waals surface area contributed by atoms with E-state index in [1.165, 1.54) is 23.0 Å². The molecule has 1 aliphatic rings. The normalized spacial score (nSPS) is 15.2. The molecule has 2 heterocycles. The summed E-state index contributed by atoms with van der Waals surface area (Å²) in [6.45, 7) is 3.41. The van der Waals surface area contributed by atoms with Crippen LogP contribution in [0, 0.1) is 0 Å². The first kappa shape index (κ1) is 24.9. The zero-order valence-corrected chi connectivity index (χ0v) is 20.8. The molecule has 3 aromatic rings. The molecule has 186 valence electrons. The number of aromatic nitrogens is 1. The summed E-state index contributed by atoms with van der Waals surface area (Å²) in [7, 11) is 1.48. The van der Waals surface area contributed by atoms with E-state index in [0.29, 0.717) is 37.7 Å². The van der Waals surface area contributed by atoms with E-state index in [-0.39, 0.29) is 18.8 Å². The van der Waals surface area contributed by atoms with Crippen LogP contribution in [-0.4, -0.2) is 36.8 Å². The minimum absolute atomic E-state index is 0.211. The second kappa shape index (κ2) is 10.6. The van der Waals surface area contributed by atoms with Gasteiger partial charge in [-0.3, -0.25) is 14.2 Å². The van der Waals surface area contributed by atoms with E-state index in [2.05, 4.69) is 4.99 Å². The number of rotatable bonds is 8. The molecule has 0 fully saturated rings. The number of ether oxygens (including phenoxy) is 3. The maximum absolute atomic E-state index is 13.6. The standard InChI is InChI=1S/C26H25N3O6S/c1-4-34-25(32)22-15(2)28-26-29(23(22)17-8-6-5-7-9-17)24(31)20(36-26)13-16-10-11-18(19(12-16)33-3)35-14-21(27)30/h5-13,23H,4,14H2,1-3H3,(H2,27,30)/b20-13+. The fraction of sp³-hybridized carbons (Fsp3) is 0.231. The molecule has 0 aliphatic carbocycles. The van der Waals surface area contributed by atoms with Crippen molar-refractivity contribution < 1.29 is 23.8 Å². The molecular formula is C26H25N3O6S. The molecule has 1 aromatic heterocycles. The zero-order chi connectivity index (χ0) is 25.8. The van der Waals surface area contributed by atoms with Crippen LogP contribution in [0.4, 0.5) is 0 Å². The van der Waals surface area contributed by atoms with Gasteiger partial charge in [-0.1, -0.05) is 47.7 Å². The Morgan fingerprint density at radius 1 is 1.17 bits per heavy atom. The van der Waals surface area contributed by atoms with Crippen molar-refractivity contribution in [3.63, 3.8) is 0 Å². The van der Waals surface area contributed by atoms with E-state index < -0.39 is 17.9 Å². The Labute approximate surface area is 210 Å². The van der Waals surface area contributed by atoms with Gasteiger partial charge in [-0.2, -0.15) is 0 Å². The molecule has 10 heteroatoms. The summed E-state index contributed by atoms with van der Waals surface area (Å²) >= 11 is 1.23. The number of benzene rings is 2. The van der Waals surface area contributed by atoms with E-state index in [1.807, 2.05) is 30.3 Å². The molecule has 0 spiro atoms. The summed E-state index contributed by atoms with van der Waals surface area (Å²) in [5.41, 5.74) is 7.17. The Bertz CT molecular complexity index is 1520. The molecule has 0 bridgehead atoms. The third-order valence-corrected chi connectivity index (χ3v) is 6.47. The number of thiazole rings is 1. The Hall–Kier alpha value is -4.18. The molecule has 1 unspecified atom stereocenters. The van der Waals surface area contributed by atoms with Crippen molar-refractivity contribution in [2.75, 3.05) is 20.3 Å². The highest BCUT2D eigenvalue weighted by Crippen LogP contribution is 2.31. The van der Waals surface area contributed by atoms with E-state index >= 15 is 0 Å². The highest BCUT2D eigenvalue weighted by Gasteiger charge is 2.33. The second-order valence-corrected chi connectivity index (χ2v) is 8.89. The lowest BCUT2D eigenvalue weighted by atomic mass is 9.96. The molecule has 4 rings (SSSR count). The maximum Gasteiger partial charge on any atom is 0.338 e. The van der Waals surface area contributed by atoms with Crippen LogP contribution in [0.3, 0.4) is 0 Å². The third-order valence-electron chi connectivity index (χ3n) is 5.49. The van der Waals surface area contributed by atoms with E-state index in [4.69, 9.17) is 19.9 Å². The fourth-order valence-electron chi connectivity index (χ4n) is 3.94. The number of hydrogen-bond acceptors (Lipinski definition) is 8. The number of nitrogens with two attached hydrogens (primary N) is 1. The third kappa shape index (κ3) is 4.94. The number of amides is 1. The Balaban J connectivity index is 1.84. The number of nitrogens with zero attached hydrogens (tertiary/aromatic N) is 2. The van der Waals surface area contributed by atoms with Crippen LogP contribution in [-0.2, 0) is 14.3 Å². The second-order valence-electron chi connectivity index (χ2n) is 7.88. The van der Waals surface area contributed by atoms with Gasteiger partial charge < -0.3 is 19.9 Å². The molecule has 0 radical (unpaired) electrons. The van der Waals surface area contributed by atoms with Crippen LogP contribution in [0.2, 0.25) is 0 Å². The zero-order valence-electron chi connectivity index (χ0n) is 20.0. The molecule has 0 saturated carbocycles. The maximum atomic E-state index is 13.6. The Morgan fingerprint density at radius 2 is 1.92 bits per heavy atom. The van der Waals surface area contributed by atoms with Crippen molar-refractivity contribution in [3.8, 4) is 11.5 Å². The summed E-state index contributed by atoms with van der Waals surface area (Å²) in [5, 5.41) is 0. The van der Waals surface area contributed by atoms with E-state index in [9.17, 15) is 14.4 Å². The number of allylic oxidation sites excluding steroid dienone is 1. The molecule has 2 N–H and O–H groups in total. The first-order valence-corrected chi connectivity index (χ1v) is 12.0. The van der Waals surface area contributed by atoms with Gasteiger partial charge in [-0.25, -0.2) is 9.79 Å². The minimum Gasteiger partial charge on any atom is -0.493 e. The van der Waals surface area contributed by atoms with Gasteiger partial charge >= 0.3 is 5.97 Å². The van der Waals surface area contributed by atoms with Crippen molar-refractivity contribution >= 4 is 29.3 Å². The van der Waals surface area contributed by atoms with Crippen LogP contribution in [0.5, 0.6) is 11.5 Å². The van der Waals surface area contributed by atoms with Gasteiger partial charge in [0.1, 0.15) is 0 Å². The van der Waals surface area contributed by atoms with Crippen LogP contribution >= 0.6 is 11.3 Å². The fourth-order valence-corrected chi connectivity index (χ4v) is 4.98. The summed E-state index contributed by atoms with van der Waals surface area (Å²) in [4.78, 5) is 42.6. The number of carbonyl (C=O) groups is 2. The van der Waals surface area contributed by atoms with Crippen molar-refractivity contribution in [1.29, 1.82) is 0 Å². The topological polar surface area (TPSA) is 122 Å². The molecule has 0 saturated heterocycles. The monoisotopic (exact) mass is 507 g/mol. The molecule has 9 nitrogen and oxygen atoms in total. The first-order chi connectivity index (χ1) is 17.3. The molecule has 1 aliphatic heterocycles. The van der Waals surface area contributed by atoms with Gasteiger partial charge in [-0.15, -0.1) is 0 Å². The van der Waals surface area contributed by atoms with Crippen LogP contribution in [0.25, 0.3) is 6.08 Å². The van der Waals surface area contributed by atoms with Crippen LogP contribution < -0.4 is 30.1 Å². The van der Waals surface area contributed by atoms with Crippen molar-refractivity contribution in [2.24, 2.45) is 10.7 Å². The number of esters is 1.